The van der Waals surface area contributed by atoms with E-state index in [9.17, 15) is 8.60 Å². The van der Waals surface area contributed by atoms with E-state index in [0.29, 0.717) is 25.2 Å². The number of benzene rings is 2. The first-order chi connectivity index (χ1) is 15.4. The second-order valence-electron chi connectivity index (χ2n) is 7.89. The number of hydrogen-bond acceptors (Lipinski definition) is 4. The highest BCUT2D eigenvalue weighted by Crippen LogP contribution is 2.22. The Morgan fingerprint density at radius 1 is 1.16 bits per heavy atom. The molecule has 0 aliphatic heterocycles. The van der Waals surface area contributed by atoms with Crippen LogP contribution in [-0.4, -0.2) is 36.1 Å². The van der Waals surface area contributed by atoms with Crippen molar-refractivity contribution in [2.24, 2.45) is 5.14 Å². The highest BCUT2D eigenvalue weighted by atomic mass is 32.2. The third kappa shape index (κ3) is 5.18. The molecule has 2 heterocycles. The summed E-state index contributed by atoms with van der Waals surface area (Å²) in [6.45, 7) is 3.34. The first-order valence-electron chi connectivity index (χ1n) is 10.1. The van der Waals surface area contributed by atoms with Gasteiger partial charge in [0, 0.05) is 37.0 Å². The first-order valence-corrected chi connectivity index (χ1v) is 11.4. The summed E-state index contributed by atoms with van der Waals surface area (Å²) in [7, 11) is 0.252. The van der Waals surface area contributed by atoms with Gasteiger partial charge in [-0.1, -0.05) is 29.8 Å². The molecule has 0 fully saturated rings. The summed E-state index contributed by atoms with van der Waals surface area (Å²) in [5.41, 5.74) is 5.33. The van der Waals surface area contributed by atoms with Crippen LogP contribution < -0.4 is 5.14 Å². The number of halogens is 1. The van der Waals surface area contributed by atoms with E-state index >= 15 is 0 Å². The van der Waals surface area contributed by atoms with E-state index < -0.39 is 16.8 Å². The van der Waals surface area contributed by atoms with Crippen LogP contribution in [-0.2, 0) is 30.5 Å². The van der Waals surface area contributed by atoms with Gasteiger partial charge < -0.3 is 0 Å². The normalized spacial score (nSPS) is 12.4. The number of aryl methyl sites for hydroxylation is 1. The van der Waals surface area contributed by atoms with Gasteiger partial charge in [0.15, 0.2) is 0 Å². The number of nitrogens with one attached hydrogen (secondary N) is 1. The van der Waals surface area contributed by atoms with E-state index in [4.69, 9.17) is 10.2 Å². The summed E-state index contributed by atoms with van der Waals surface area (Å²) >= 11 is 0. The van der Waals surface area contributed by atoms with E-state index in [1.165, 1.54) is 6.07 Å². The van der Waals surface area contributed by atoms with Crippen LogP contribution in [0.1, 0.15) is 28.1 Å². The predicted octanol–water partition coefficient (Wildman–Crippen LogP) is 3.25. The number of rotatable bonds is 8. The number of aromatic nitrogens is 4. The Kier molecular flexibility index (Phi) is 6.59. The number of nitrogens with two attached hydrogens (primary N) is 1. The van der Waals surface area contributed by atoms with Gasteiger partial charge in [0.25, 0.3) is 0 Å². The van der Waals surface area contributed by atoms with E-state index in [1.54, 1.807) is 23.0 Å². The molecule has 0 spiro atoms. The van der Waals surface area contributed by atoms with Crippen molar-refractivity contribution in [1.29, 1.82) is 0 Å². The SMILES string of the molecule is Cc1cccc(Cc2cc(CN(C)Cc3cn[nH]c3)nn2-c2ccc(S(N)=O)cc2F)c1. The maximum Gasteiger partial charge on any atom is 0.150 e. The number of H-pyrrole nitrogens is 1. The monoisotopic (exact) mass is 452 g/mol. The molecule has 0 saturated carbocycles. The van der Waals surface area contributed by atoms with Gasteiger partial charge in [0.1, 0.15) is 22.5 Å². The summed E-state index contributed by atoms with van der Waals surface area (Å²) in [5, 5.41) is 16.9. The Morgan fingerprint density at radius 3 is 2.69 bits per heavy atom. The summed E-state index contributed by atoms with van der Waals surface area (Å²) in [5.74, 6) is -0.520. The molecule has 7 nitrogen and oxygen atoms in total. The van der Waals surface area contributed by atoms with Crippen molar-refractivity contribution < 1.29 is 8.60 Å². The molecule has 4 rings (SSSR count). The molecule has 2 aromatic heterocycles. The topological polar surface area (TPSA) is 92.8 Å². The maximum absolute atomic E-state index is 14.9. The van der Waals surface area contributed by atoms with Crippen molar-refractivity contribution in [3.05, 3.63) is 94.8 Å². The molecule has 2 aromatic carbocycles. The van der Waals surface area contributed by atoms with Gasteiger partial charge in [-0.15, -0.1) is 0 Å². The number of nitrogens with zero attached hydrogens (tertiary/aromatic N) is 4. The fourth-order valence-corrected chi connectivity index (χ4v) is 4.13. The van der Waals surface area contributed by atoms with E-state index in [-0.39, 0.29) is 4.90 Å². The van der Waals surface area contributed by atoms with Gasteiger partial charge in [-0.25, -0.2) is 18.4 Å². The van der Waals surface area contributed by atoms with Crippen molar-refractivity contribution in [1.82, 2.24) is 24.9 Å². The Balaban J connectivity index is 1.67. The molecule has 166 valence electrons. The van der Waals surface area contributed by atoms with Crippen molar-refractivity contribution >= 4 is 11.0 Å². The highest BCUT2D eigenvalue weighted by Gasteiger charge is 2.16. The van der Waals surface area contributed by atoms with Crippen LogP contribution in [0.15, 0.2) is 65.8 Å². The number of hydrogen-bond donors (Lipinski definition) is 2. The maximum atomic E-state index is 14.9. The van der Waals surface area contributed by atoms with Gasteiger partial charge in [0.05, 0.1) is 16.8 Å². The Morgan fingerprint density at radius 2 is 2.00 bits per heavy atom. The third-order valence-corrected chi connectivity index (χ3v) is 5.84. The molecule has 9 heteroatoms. The summed E-state index contributed by atoms with van der Waals surface area (Å²) in [6.07, 6.45) is 4.25. The van der Waals surface area contributed by atoms with Crippen LogP contribution in [0, 0.1) is 12.7 Å². The molecule has 0 radical (unpaired) electrons. The van der Waals surface area contributed by atoms with Crippen LogP contribution in [0.3, 0.4) is 0 Å². The fraction of sp³-hybridized carbons (Fsp3) is 0.217. The zero-order valence-corrected chi connectivity index (χ0v) is 18.8. The molecular weight excluding hydrogens is 427 g/mol. The Bertz CT molecular complexity index is 1240. The second-order valence-corrected chi connectivity index (χ2v) is 8.96. The Hall–Kier alpha value is -3.14. The molecule has 32 heavy (non-hydrogen) atoms. The zero-order chi connectivity index (χ0) is 22.7. The van der Waals surface area contributed by atoms with Gasteiger partial charge in [-0.2, -0.15) is 10.2 Å². The highest BCUT2D eigenvalue weighted by molar-refractivity contribution is 7.82. The average Bonchev–Trinajstić information content (AvgIpc) is 3.38. The minimum Gasteiger partial charge on any atom is -0.296 e. The molecule has 0 saturated heterocycles. The minimum atomic E-state index is -1.75. The van der Waals surface area contributed by atoms with Gasteiger partial charge in [0.2, 0.25) is 0 Å². The van der Waals surface area contributed by atoms with Gasteiger partial charge >= 0.3 is 0 Å². The summed E-state index contributed by atoms with van der Waals surface area (Å²) in [6, 6.07) is 14.6. The quantitative estimate of drug-likeness (QED) is 0.429. The van der Waals surface area contributed by atoms with Crippen LogP contribution in [0.4, 0.5) is 4.39 Å². The molecule has 1 unspecified atom stereocenters. The molecule has 0 amide bonds. The van der Waals surface area contributed by atoms with Crippen LogP contribution in [0.2, 0.25) is 0 Å². The van der Waals surface area contributed by atoms with Crippen molar-refractivity contribution in [2.45, 2.75) is 31.3 Å². The van der Waals surface area contributed by atoms with Crippen molar-refractivity contribution in [2.75, 3.05) is 7.05 Å². The standard InChI is InChI=1S/C23H25FN6OS/c1-16-4-3-5-17(8-16)9-20-10-19(15-29(2)14-18-12-26-27-13-18)28-30(20)23-7-6-21(32(25)31)11-22(23)24/h3-8,10-13H,9,14-15,25H2,1-2H3,(H,26,27). The van der Waals surface area contributed by atoms with Crippen LogP contribution >= 0.6 is 0 Å². The minimum absolute atomic E-state index is 0.235. The lowest BCUT2D eigenvalue weighted by Crippen LogP contribution is -2.17. The molecule has 0 bridgehead atoms. The van der Waals surface area contributed by atoms with Crippen molar-refractivity contribution in [3.8, 4) is 5.69 Å². The largest absolute Gasteiger partial charge is 0.296 e. The van der Waals surface area contributed by atoms with Crippen LogP contribution in [0.25, 0.3) is 5.69 Å². The average molecular weight is 453 g/mol. The Labute approximate surface area is 188 Å². The fourth-order valence-electron chi connectivity index (χ4n) is 3.71. The lowest BCUT2D eigenvalue weighted by molar-refractivity contribution is 0.314. The molecule has 1 atom stereocenters. The third-order valence-electron chi connectivity index (χ3n) is 5.12. The molecule has 4 aromatic rings. The molecule has 0 aliphatic carbocycles. The predicted molar refractivity (Wildman–Crippen MR) is 122 cm³/mol. The lowest BCUT2D eigenvalue weighted by Gasteiger charge is -2.13. The van der Waals surface area contributed by atoms with E-state index in [0.717, 1.165) is 28.1 Å². The zero-order valence-electron chi connectivity index (χ0n) is 18.0. The molecular formula is C23H25FN6OS. The van der Waals surface area contributed by atoms with Crippen LogP contribution in [0.5, 0.6) is 0 Å². The lowest BCUT2D eigenvalue weighted by atomic mass is 10.1. The number of aromatic amines is 1. The van der Waals surface area contributed by atoms with Gasteiger partial charge in [-0.05, 0) is 43.8 Å². The molecule has 0 aliphatic rings. The second kappa shape index (κ2) is 9.56. The summed E-state index contributed by atoms with van der Waals surface area (Å²) < 4.78 is 28.1. The molecule has 3 N–H and O–H groups in total. The van der Waals surface area contributed by atoms with E-state index in [2.05, 4.69) is 21.2 Å². The van der Waals surface area contributed by atoms with Gasteiger partial charge in [-0.3, -0.25) is 10.00 Å². The van der Waals surface area contributed by atoms with Crippen molar-refractivity contribution in [3.63, 3.8) is 0 Å². The smallest absolute Gasteiger partial charge is 0.150 e. The van der Waals surface area contributed by atoms with E-state index in [1.807, 2.05) is 44.4 Å². The summed E-state index contributed by atoms with van der Waals surface area (Å²) in [4.78, 5) is 2.35. The first kappa shape index (κ1) is 22.1.